The van der Waals surface area contributed by atoms with Crippen LogP contribution in [0.3, 0.4) is 0 Å². The number of carbonyl (C=O) groups excluding carboxylic acids is 1. The minimum Gasteiger partial charge on any atom is -0.478 e. The highest BCUT2D eigenvalue weighted by Crippen LogP contribution is 2.17. The van der Waals surface area contributed by atoms with Gasteiger partial charge in [-0.2, -0.15) is 13.2 Å². The van der Waals surface area contributed by atoms with E-state index in [1.54, 1.807) is 12.1 Å². The van der Waals surface area contributed by atoms with Crippen LogP contribution in [0.15, 0.2) is 24.3 Å². The van der Waals surface area contributed by atoms with E-state index in [9.17, 15) is 22.8 Å². The SMILES string of the molecule is O=C(O)c1cccc(CNC(=O)N2CCN(CC(F)(F)F)CC2)c1. The highest BCUT2D eigenvalue weighted by atomic mass is 19.4. The zero-order chi connectivity index (χ0) is 17.7. The third kappa shape index (κ3) is 5.41. The molecule has 2 N–H and O–H groups in total. The maximum atomic E-state index is 12.3. The maximum absolute atomic E-state index is 12.3. The molecule has 9 heteroatoms. The summed E-state index contributed by atoms with van der Waals surface area (Å²) < 4.78 is 37.0. The van der Waals surface area contributed by atoms with Crippen LogP contribution in [0.1, 0.15) is 15.9 Å². The minimum atomic E-state index is -4.24. The number of rotatable bonds is 4. The first-order valence-electron chi connectivity index (χ1n) is 7.39. The Morgan fingerprint density at radius 3 is 2.42 bits per heavy atom. The Hall–Kier alpha value is -2.29. The van der Waals surface area contributed by atoms with Crippen LogP contribution in [0, 0.1) is 0 Å². The zero-order valence-corrected chi connectivity index (χ0v) is 12.8. The highest BCUT2D eigenvalue weighted by molar-refractivity contribution is 5.87. The van der Waals surface area contributed by atoms with E-state index in [1.165, 1.54) is 21.9 Å². The Balaban J connectivity index is 1.80. The van der Waals surface area contributed by atoms with Crippen LogP contribution in [-0.4, -0.2) is 65.8 Å². The summed E-state index contributed by atoms with van der Waals surface area (Å²) in [6.07, 6.45) is -4.24. The van der Waals surface area contributed by atoms with E-state index < -0.39 is 18.7 Å². The van der Waals surface area contributed by atoms with Crippen molar-refractivity contribution in [1.29, 1.82) is 0 Å². The molecule has 0 atom stereocenters. The van der Waals surface area contributed by atoms with Crippen molar-refractivity contribution in [2.45, 2.75) is 12.7 Å². The van der Waals surface area contributed by atoms with Gasteiger partial charge in [0.1, 0.15) is 0 Å². The first kappa shape index (κ1) is 18.1. The smallest absolute Gasteiger partial charge is 0.401 e. The van der Waals surface area contributed by atoms with E-state index >= 15 is 0 Å². The van der Waals surface area contributed by atoms with Crippen molar-refractivity contribution in [3.8, 4) is 0 Å². The molecule has 132 valence electrons. The molecule has 1 aromatic carbocycles. The van der Waals surface area contributed by atoms with Gasteiger partial charge in [0.2, 0.25) is 0 Å². The van der Waals surface area contributed by atoms with E-state index in [0.717, 1.165) is 0 Å². The lowest BCUT2D eigenvalue weighted by molar-refractivity contribution is -0.148. The molecule has 0 unspecified atom stereocenters. The minimum absolute atomic E-state index is 0.127. The molecule has 24 heavy (non-hydrogen) atoms. The second-order valence-corrected chi connectivity index (χ2v) is 5.54. The van der Waals surface area contributed by atoms with Gasteiger partial charge in [0.15, 0.2) is 0 Å². The fourth-order valence-electron chi connectivity index (χ4n) is 2.47. The highest BCUT2D eigenvalue weighted by Gasteiger charge is 2.32. The van der Waals surface area contributed by atoms with Crippen LogP contribution in [0.4, 0.5) is 18.0 Å². The number of halogens is 3. The van der Waals surface area contributed by atoms with Gasteiger partial charge < -0.3 is 15.3 Å². The van der Waals surface area contributed by atoms with Crippen LogP contribution in [0.25, 0.3) is 0 Å². The molecule has 1 aromatic rings. The normalized spacial score (nSPS) is 16.0. The largest absolute Gasteiger partial charge is 0.478 e. The molecule has 0 bridgehead atoms. The number of nitrogens with one attached hydrogen (secondary N) is 1. The number of amides is 2. The molecule has 2 rings (SSSR count). The Morgan fingerprint density at radius 2 is 1.83 bits per heavy atom. The fraction of sp³-hybridized carbons (Fsp3) is 0.467. The van der Waals surface area contributed by atoms with Gasteiger partial charge in [0.05, 0.1) is 12.1 Å². The topological polar surface area (TPSA) is 72.9 Å². The van der Waals surface area contributed by atoms with Crippen LogP contribution in [0.5, 0.6) is 0 Å². The molecule has 0 saturated carbocycles. The maximum Gasteiger partial charge on any atom is 0.401 e. The molecule has 0 aromatic heterocycles. The van der Waals surface area contributed by atoms with E-state index in [0.29, 0.717) is 5.56 Å². The zero-order valence-electron chi connectivity index (χ0n) is 12.8. The number of carboxylic acids is 1. The predicted molar refractivity (Wildman–Crippen MR) is 79.7 cm³/mol. The number of urea groups is 1. The fourth-order valence-corrected chi connectivity index (χ4v) is 2.47. The van der Waals surface area contributed by atoms with Gasteiger partial charge in [0, 0.05) is 32.7 Å². The van der Waals surface area contributed by atoms with E-state index in [1.807, 2.05) is 0 Å². The number of hydrogen-bond donors (Lipinski definition) is 2. The number of carboxylic acid groups (broad SMARTS) is 1. The summed E-state index contributed by atoms with van der Waals surface area (Å²) in [5.74, 6) is -1.05. The predicted octanol–water partition coefficient (Wildman–Crippen LogP) is 1.77. The molecule has 0 radical (unpaired) electrons. The molecule has 0 spiro atoms. The van der Waals surface area contributed by atoms with Crippen molar-refractivity contribution in [3.63, 3.8) is 0 Å². The third-order valence-corrected chi connectivity index (χ3v) is 3.68. The van der Waals surface area contributed by atoms with Gasteiger partial charge in [-0.15, -0.1) is 0 Å². The van der Waals surface area contributed by atoms with Crippen LogP contribution >= 0.6 is 0 Å². The molecule has 1 aliphatic heterocycles. The van der Waals surface area contributed by atoms with Gasteiger partial charge in [-0.05, 0) is 17.7 Å². The first-order valence-corrected chi connectivity index (χ1v) is 7.39. The number of carbonyl (C=O) groups is 2. The van der Waals surface area contributed by atoms with Crippen molar-refractivity contribution < 1.29 is 27.9 Å². The van der Waals surface area contributed by atoms with Crippen molar-refractivity contribution in [2.75, 3.05) is 32.7 Å². The number of alkyl halides is 3. The molecular formula is C15H18F3N3O3. The van der Waals surface area contributed by atoms with Crippen molar-refractivity contribution in [3.05, 3.63) is 35.4 Å². The second-order valence-electron chi connectivity index (χ2n) is 5.54. The summed E-state index contributed by atoms with van der Waals surface area (Å²) in [7, 11) is 0. The van der Waals surface area contributed by atoms with Gasteiger partial charge in [-0.1, -0.05) is 12.1 Å². The van der Waals surface area contributed by atoms with Crippen molar-refractivity contribution in [2.24, 2.45) is 0 Å². The summed E-state index contributed by atoms with van der Waals surface area (Å²) in [6, 6.07) is 5.81. The van der Waals surface area contributed by atoms with Crippen LogP contribution in [-0.2, 0) is 6.54 Å². The molecule has 1 saturated heterocycles. The molecule has 6 nitrogen and oxygen atoms in total. The molecular weight excluding hydrogens is 327 g/mol. The van der Waals surface area contributed by atoms with Gasteiger partial charge in [0.25, 0.3) is 0 Å². The molecule has 1 aliphatic rings. The van der Waals surface area contributed by atoms with Crippen molar-refractivity contribution >= 4 is 12.0 Å². The molecule has 2 amide bonds. The van der Waals surface area contributed by atoms with Gasteiger partial charge >= 0.3 is 18.2 Å². The van der Waals surface area contributed by atoms with E-state index in [2.05, 4.69) is 5.32 Å². The summed E-state index contributed by atoms with van der Waals surface area (Å²) in [4.78, 5) is 25.6. The lowest BCUT2D eigenvalue weighted by atomic mass is 10.1. The number of aromatic carboxylic acids is 1. The second kappa shape index (κ2) is 7.52. The quantitative estimate of drug-likeness (QED) is 0.872. The third-order valence-electron chi connectivity index (χ3n) is 3.68. The summed E-state index contributed by atoms with van der Waals surface area (Å²) in [6.45, 7) is -0.0375. The Kier molecular flexibility index (Phi) is 5.66. The first-order chi connectivity index (χ1) is 11.2. The molecule has 1 heterocycles. The van der Waals surface area contributed by atoms with Crippen LogP contribution < -0.4 is 5.32 Å². The Morgan fingerprint density at radius 1 is 1.17 bits per heavy atom. The lowest BCUT2D eigenvalue weighted by Crippen LogP contribution is -2.53. The number of nitrogens with zero attached hydrogens (tertiary/aromatic N) is 2. The standard InChI is InChI=1S/C15H18F3N3O3/c16-15(17,18)10-20-4-6-21(7-5-20)14(24)19-9-11-2-1-3-12(8-11)13(22)23/h1-3,8H,4-7,9-10H2,(H,19,24)(H,22,23). The van der Waals surface area contributed by atoms with E-state index in [-0.39, 0.29) is 44.3 Å². The van der Waals surface area contributed by atoms with E-state index in [4.69, 9.17) is 5.11 Å². The number of benzene rings is 1. The Bertz CT molecular complexity index is 599. The van der Waals surface area contributed by atoms with Crippen LogP contribution in [0.2, 0.25) is 0 Å². The summed E-state index contributed by atoms with van der Waals surface area (Å²) in [5.41, 5.74) is 0.765. The van der Waals surface area contributed by atoms with Gasteiger partial charge in [-0.3, -0.25) is 4.90 Å². The molecule has 0 aliphatic carbocycles. The Labute approximate surface area is 136 Å². The number of piperazine rings is 1. The van der Waals surface area contributed by atoms with Crippen molar-refractivity contribution in [1.82, 2.24) is 15.1 Å². The lowest BCUT2D eigenvalue weighted by Gasteiger charge is -2.34. The van der Waals surface area contributed by atoms with Gasteiger partial charge in [-0.25, -0.2) is 9.59 Å². The average Bonchev–Trinajstić information content (AvgIpc) is 2.52. The summed E-state index contributed by atoms with van der Waals surface area (Å²) >= 11 is 0. The summed E-state index contributed by atoms with van der Waals surface area (Å²) in [5, 5.41) is 11.6. The molecule has 1 fully saturated rings. The monoisotopic (exact) mass is 345 g/mol. The number of hydrogen-bond acceptors (Lipinski definition) is 3. The average molecular weight is 345 g/mol.